The van der Waals surface area contributed by atoms with Crippen LogP contribution in [0, 0.1) is 5.92 Å². The number of carbonyl (C=O) groups is 2. The van der Waals surface area contributed by atoms with Gasteiger partial charge in [0.15, 0.2) is 0 Å². The molecule has 20 heavy (non-hydrogen) atoms. The lowest BCUT2D eigenvalue weighted by atomic mass is 9.96. The van der Waals surface area contributed by atoms with Crippen LogP contribution in [0.2, 0.25) is 0 Å². The Morgan fingerprint density at radius 3 is 2.80 bits per heavy atom. The molecule has 1 atom stereocenters. The van der Waals surface area contributed by atoms with Gasteiger partial charge < -0.3 is 16.6 Å². The summed E-state index contributed by atoms with van der Waals surface area (Å²) in [4.78, 5) is 24.6. The van der Waals surface area contributed by atoms with E-state index in [4.69, 9.17) is 11.5 Å². The SMILES string of the molecule is NC(=O)C1CCCN(Cc2cccc(N)c2C(=O)O)C1. The number of rotatable bonds is 4. The van der Waals surface area contributed by atoms with Gasteiger partial charge in [-0.2, -0.15) is 0 Å². The molecule has 0 bridgehead atoms. The maximum atomic E-state index is 11.3. The van der Waals surface area contributed by atoms with Crippen LogP contribution in [0.5, 0.6) is 0 Å². The average molecular weight is 277 g/mol. The van der Waals surface area contributed by atoms with Crippen LogP contribution in [-0.2, 0) is 11.3 Å². The topological polar surface area (TPSA) is 110 Å². The zero-order valence-electron chi connectivity index (χ0n) is 11.2. The lowest BCUT2D eigenvalue weighted by Gasteiger charge is -2.31. The number of piperidine rings is 1. The lowest BCUT2D eigenvalue weighted by molar-refractivity contribution is -0.123. The molecule has 1 aromatic carbocycles. The molecular weight excluding hydrogens is 258 g/mol. The number of carboxylic acid groups (broad SMARTS) is 1. The van der Waals surface area contributed by atoms with Crippen molar-refractivity contribution in [1.29, 1.82) is 0 Å². The van der Waals surface area contributed by atoms with Gasteiger partial charge >= 0.3 is 5.97 Å². The van der Waals surface area contributed by atoms with E-state index < -0.39 is 5.97 Å². The van der Waals surface area contributed by atoms with E-state index in [-0.39, 0.29) is 23.1 Å². The molecule has 1 aliphatic heterocycles. The minimum absolute atomic E-state index is 0.147. The fourth-order valence-corrected chi connectivity index (χ4v) is 2.68. The molecule has 2 rings (SSSR count). The first-order chi connectivity index (χ1) is 9.49. The molecule has 1 aromatic rings. The van der Waals surface area contributed by atoms with E-state index in [1.54, 1.807) is 18.2 Å². The fraction of sp³-hybridized carbons (Fsp3) is 0.429. The van der Waals surface area contributed by atoms with Crippen LogP contribution in [0.3, 0.4) is 0 Å². The number of nitrogen functional groups attached to an aromatic ring is 1. The van der Waals surface area contributed by atoms with E-state index in [2.05, 4.69) is 4.90 Å². The third-order valence-corrected chi connectivity index (χ3v) is 3.70. The van der Waals surface area contributed by atoms with Crippen molar-refractivity contribution in [3.8, 4) is 0 Å². The summed E-state index contributed by atoms with van der Waals surface area (Å²) in [5.41, 5.74) is 12.2. The predicted molar refractivity (Wildman–Crippen MR) is 75.0 cm³/mol. The highest BCUT2D eigenvalue weighted by Gasteiger charge is 2.25. The summed E-state index contributed by atoms with van der Waals surface area (Å²) in [6, 6.07) is 5.08. The first-order valence-corrected chi connectivity index (χ1v) is 6.61. The number of primary amides is 1. The second kappa shape index (κ2) is 5.92. The standard InChI is InChI=1S/C14H19N3O3/c15-11-5-1-3-9(12(11)14(19)20)7-17-6-2-4-10(8-17)13(16)18/h1,3,5,10H,2,4,6-8,15H2,(H2,16,18)(H,19,20). The van der Waals surface area contributed by atoms with E-state index in [0.717, 1.165) is 19.4 Å². The zero-order valence-corrected chi connectivity index (χ0v) is 11.2. The molecule has 6 nitrogen and oxygen atoms in total. The van der Waals surface area contributed by atoms with Gasteiger partial charge in [-0.1, -0.05) is 12.1 Å². The van der Waals surface area contributed by atoms with E-state index in [0.29, 0.717) is 18.7 Å². The van der Waals surface area contributed by atoms with Crippen molar-refractivity contribution in [2.75, 3.05) is 18.8 Å². The van der Waals surface area contributed by atoms with Crippen molar-refractivity contribution in [3.63, 3.8) is 0 Å². The number of benzene rings is 1. The second-order valence-corrected chi connectivity index (χ2v) is 5.16. The molecule has 5 N–H and O–H groups in total. The molecular formula is C14H19N3O3. The van der Waals surface area contributed by atoms with Crippen molar-refractivity contribution >= 4 is 17.6 Å². The summed E-state index contributed by atoms with van der Waals surface area (Å²) in [5, 5.41) is 9.24. The Bertz CT molecular complexity index is 530. The molecule has 1 heterocycles. The van der Waals surface area contributed by atoms with Crippen LogP contribution in [0.15, 0.2) is 18.2 Å². The molecule has 1 fully saturated rings. The third kappa shape index (κ3) is 3.08. The van der Waals surface area contributed by atoms with Crippen LogP contribution < -0.4 is 11.5 Å². The number of hydrogen-bond donors (Lipinski definition) is 3. The van der Waals surface area contributed by atoms with Gasteiger partial charge in [-0.3, -0.25) is 9.69 Å². The number of nitrogens with zero attached hydrogens (tertiary/aromatic N) is 1. The van der Waals surface area contributed by atoms with Crippen molar-refractivity contribution in [2.24, 2.45) is 11.7 Å². The largest absolute Gasteiger partial charge is 0.478 e. The van der Waals surface area contributed by atoms with Gasteiger partial charge in [-0.05, 0) is 31.0 Å². The van der Waals surface area contributed by atoms with Crippen molar-refractivity contribution in [2.45, 2.75) is 19.4 Å². The van der Waals surface area contributed by atoms with E-state index in [9.17, 15) is 14.7 Å². The number of amides is 1. The molecule has 1 amide bonds. The van der Waals surface area contributed by atoms with E-state index >= 15 is 0 Å². The maximum Gasteiger partial charge on any atom is 0.338 e. The van der Waals surface area contributed by atoms with Crippen LogP contribution in [0.1, 0.15) is 28.8 Å². The minimum Gasteiger partial charge on any atom is -0.478 e. The number of hydrogen-bond acceptors (Lipinski definition) is 4. The summed E-state index contributed by atoms with van der Waals surface area (Å²) in [6.45, 7) is 1.87. The van der Waals surface area contributed by atoms with Crippen LogP contribution in [0.25, 0.3) is 0 Å². The summed E-state index contributed by atoms with van der Waals surface area (Å²) >= 11 is 0. The van der Waals surface area contributed by atoms with Gasteiger partial charge in [0, 0.05) is 18.8 Å². The van der Waals surface area contributed by atoms with Crippen molar-refractivity contribution in [1.82, 2.24) is 4.90 Å². The Hall–Kier alpha value is -2.08. The highest BCUT2D eigenvalue weighted by Crippen LogP contribution is 2.22. The lowest BCUT2D eigenvalue weighted by Crippen LogP contribution is -2.40. The first-order valence-electron chi connectivity index (χ1n) is 6.61. The normalized spacial score (nSPS) is 19.7. The molecule has 1 aliphatic rings. The maximum absolute atomic E-state index is 11.3. The summed E-state index contributed by atoms with van der Waals surface area (Å²) in [6.07, 6.45) is 1.69. The first kappa shape index (κ1) is 14.3. The summed E-state index contributed by atoms with van der Waals surface area (Å²) in [7, 11) is 0. The molecule has 0 radical (unpaired) electrons. The Labute approximate surface area is 117 Å². The minimum atomic E-state index is -1.03. The third-order valence-electron chi connectivity index (χ3n) is 3.70. The number of anilines is 1. The number of likely N-dealkylation sites (tertiary alicyclic amines) is 1. The van der Waals surface area contributed by atoms with Gasteiger partial charge in [0.2, 0.25) is 5.91 Å². The van der Waals surface area contributed by atoms with Gasteiger partial charge in [0.1, 0.15) is 0 Å². The van der Waals surface area contributed by atoms with Crippen molar-refractivity contribution in [3.05, 3.63) is 29.3 Å². The molecule has 0 saturated carbocycles. The Kier molecular flexibility index (Phi) is 4.24. The van der Waals surface area contributed by atoms with Gasteiger partial charge in [0.25, 0.3) is 0 Å². The predicted octanol–water partition coefficient (Wildman–Crippen LogP) is 0.664. The van der Waals surface area contributed by atoms with Gasteiger partial charge in [0.05, 0.1) is 11.5 Å². The number of nitrogens with two attached hydrogens (primary N) is 2. The number of carboxylic acids is 1. The number of aromatic carboxylic acids is 1. The number of carbonyl (C=O) groups excluding carboxylic acids is 1. The van der Waals surface area contributed by atoms with E-state index in [1.165, 1.54) is 0 Å². The molecule has 0 spiro atoms. The monoisotopic (exact) mass is 277 g/mol. The van der Waals surface area contributed by atoms with Gasteiger partial charge in [-0.15, -0.1) is 0 Å². The molecule has 0 aliphatic carbocycles. The Morgan fingerprint density at radius 1 is 1.40 bits per heavy atom. The van der Waals surface area contributed by atoms with Crippen LogP contribution in [-0.4, -0.2) is 35.0 Å². The van der Waals surface area contributed by atoms with Crippen LogP contribution >= 0.6 is 0 Å². The Morgan fingerprint density at radius 2 is 2.15 bits per heavy atom. The second-order valence-electron chi connectivity index (χ2n) is 5.16. The Balaban J connectivity index is 2.16. The van der Waals surface area contributed by atoms with Crippen molar-refractivity contribution < 1.29 is 14.7 Å². The molecule has 0 aromatic heterocycles. The molecule has 6 heteroatoms. The molecule has 1 unspecified atom stereocenters. The molecule has 1 saturated heterocycles. The smallest absolute Gasteiger partial charge is 0.338 e. The van der Waals surface area contributed by atoms with Crippen LogP contribution in [0.4, 0.5) is 5.69 Å². The zero-order chi connectivity index (χ0) is 14.7. The molecule has 108 valence electrons. The highest BCUT2D eigenvalue weighted by atomic mass is 16.4. The highest BCUT2D eigenvalue weighted by molar-refractivity contribution is 5.95. The summed E-state index contributed by atoms with van der Waals surface area (Å²) in [5.74, 6) is -1.47. The fourth-order valence-electron chi connectivity index (χ4n) is 2.68. The van der Waals surface area contributed by atoms with Gasteiger partial charge in [-0.25, -0.2) is 4.79 Å². The van der Waals surface area contributed by atoms with E-state index in [1.807, 2.05) is 0 Å². The quantitative estimate of drug-likeness (QED) is 0.700. The average Bonchev–Trinajstić information content (AvgIpc) is 2.38. The summed E-state index contributed by atoms with van der Waals surface area (Å²) < 4.78 is 0.